The van der Waals surface area contributed by atoms with Gasteiger partial charge in [-0.2, -0.15) is 0 Å². The highest BCUT2D eigenvalue weighted by molar-refractivity contribution is 7.99. The van der Waals surface area contributed by atoms with Crippen LogP contribution >= 0.6 is 11.8 Å². The summed E-state index contributed by atoms with van der Waals surface area (Å²) in [5, 5.41) is 9.08. The summed E-state index contributed by atoms with van der Waals surface area (Å²) in [5.74, 6) is 1.78. The van der Waals surface area contributed by atoms with E-state index in [1.54, 1.807) is 25.6 Å². The molecule has 116 valence electrons. The van der Waals surface area contributed by atoms with Crippen molar-refractivity contribution in [3.63, 3.8) is 0 Å². The zero-order valence-electron chi connectivity index (χ0n) is 12.6. The maximum absolute atomic E-state index is 11.0. The first kappa shape index (κ1) is 16.0. The molecule has 0 amide bonds. The lowest BCUT2D eigenvalue weighted by atomic mass is 9.88. The van der Waals surface area contributed by atoms with E-state index in [4.69, 9.17) is 14.6 Å². The summed E-state index contributed by atoms with van der Waals surface area (Å²) in [5.41, 5.74) is -0.648. The fourth-order valence-electron chi connectivity index (χ4n) is 2.04. The maximum Gasteiger partial charge on any atom is 0.309 e. The Hall–Kier alpha value is -1.36. The predicted molar refractivity (Wildman–Crippen MR) is 83.4 cm³/mol. The van der Waals surface area contributed by atoms with Gasteiger partial charge in [0.1, 0.15) is 0 Å². The molecule has 0 saturated heterocycles. The number of fused-ring (bicyclic) bond motifs is 1. The van der Waals surface area contributed by atoms with E-state index in [1.165, 1.54) is 0 Å². The number of hydrogen-bond donors (Lipinski definition) is 1. The van der Waals surface area contributed by atoms with E-state index in [0.717, 1.165) is 35.0 Å². The van der Waals surface area contributed by atoms with E-state index in [9.17, 15) is 4.79 Å². The zero-order valence-corrected chi connectivity index (χ0v) is 13.4. The van der Waals surface area contributed by atoms with Gasteiger partial charge in [0.25, 0.3) is 0 Å². The number of carbonyl (C=O) groups is 1. The van der Waals surface area contributed by atoms with Crippen molar-refractivity contribution < 1.29 is 19.4 Å². The van der Waals surface area contributed by atoms with Crippen molar-refractivity contribution in [2.45, 2.75) is 38.0 Å². The average Bonchev–Trinajstić information content (AvgIpc) is 2.68. The summed E-state index contributed by atoms with van der Waals surface area (Å²) in [4.78, 5) is 12.2. The molecular weight excluding hydrogens is 288 g/mol. The van der Waals surface area contributed by atoms with E-state index in [-0.39, 0.29) is 0 Å². The predicted octanol–water partition coefficient (Wildman–Crippen LogP) is 3.83. The lowest BCUT2D eigenvalue weighted by Gasteiger charge is -2.18. The Kier molecular flexibility index (Phi) is 5.39. The number of ether oxygens (including phenoxy) is 2. The summed E-state index contributed by atoms with van der Waals surface area (Å²) >= 11 is 1.72. The Morgan fingerprint density at radius 2 is 2.00 bits per heavy atom. The van der Waals surface area contributed by atoms with Crippen LogP contribution in [0.25, 0.3) is 0 Å². The summed E-state index contributed by atoms with van der Waals surface area (Å²) in [7, 11) is 0. The average molecular weight is 310 g/mol. The van der Waals surface area contributed by atoms with E-state index in [0.29, 0.717) is 19.6 Å². The molecular formula is C16H22O4S. The number of rotatable bonds is 6. The van der Waals surface area contributed by atoms with Gasteiger partial charge >= 0.3 is 5.97 Å². The minimum Gasteiger partial charge on any atom is -0.490 e. The van der Waals surface area contributed by atoms with Crippen molar-refractivity contribution in [3.8, 4) is 11.5 Å². The molecule has 1 aliphatic rings. The lowest BCUT2D eigenvalue weighted by Crippen LogP contribution is -2.23. The van der Waals surface area contributed by atoms with Crippen LogP contribution < -0.4 is 9.47 Å². The van der Waals surface area contributed by atoms with Gasteiger partial charge in [-0.1, -0.05) is 0 Å². The fraction of sp³-hybridized carbons (Fsp3) is 0.562. The van der Waals surface area contributed by atoms with Crippen LogP contribution in [0.5, 0.6) is 11.5 Å². The molecule has 1 heterocycles. The summed E-state index contributed by atoms with van der Waals surface area (Å²) < 4.78 is 11.3. The number of carboxylic acid groups (broad SMARTS) is 1. The smallest absolute Gasteiger partial charge is 0.309 e. The van der Waals surface area contributed by atoms with E-state index >= 15 is 0 Å². The molecule has 2 rings (SSSR count). The van der Waals surface area contributed by atoms with Gasteiger partial charge in [-0.25, -0.2) is 0 Å². The quantitative estimate of drug-likeness (QED) is 0.639. The first-order valence-corrected chi connectivity index (χ1v) is 8.23. The monoisotopic (exact) mass is 310 g/mol. The molecule has 0 radical (unpaired) electrons. The van der Waals surface area contributed by atoms with Crippen LogP contribution in [-0.4, -0.2) is 30.0 Å². The molecule has 0 aromatic heterocycles. The molecule has 0 saturated carbocycles. The van der Waals surface area contributed by atoms with Crippen molar-refractivity contribution in [2.75, 3.05) is 19.0 Å². The number of thioether (sulfide) groups is 1. The van der Waals surface area contributed by atoms with Crippen molar-refractivity contribution in [3.05, 3.63) is 18.2 Å². The second kappa shape index (κ2) is 7.07. The fourth-order valence-corrected chi connectivity index (χ4v) is 2.92. The highest BCUT2D eigenvalue weighted by atomic mass is 32.2. The van der Waals surface area contributed by atoms with Crippen LogP contribution in [0.2, 0.25) is 0 Å². The Morgan fingerprint density at radius 3 is 2.71 bits per heavy atom. The molecule has 1 aromatic carbocycles. The maximum atomic E-state index is 11.0. The first-order valence-electron chi connectivity index (χ1n) is 7.25. The minimum absolute atomic E-state index is 0.648. The molecule has 0 bridgehead atoms. The molecule has 4 nitrogen and oxygen atoms in total. The number of carboxylic acids is 1. The zero-order chi connectivity index (χ0) is 15.3. The highest BCUT2D eigenvalue weighted by Crippen LogP contribution is 2.34. The minimum atomic E-state index is -0.733. The second-order valence-corrected chi connectivity index (χ2v) is 6.97. The molecule has 1 aliphatic heterocycles. The van der Waals surface area contributed by atoms with E-state index in [2.05, 4.69) is 0 Å². The molecule has 21 heavy (non-hydrogen) atoms. The molecule has 1 aromatic rings. The summed E-state index contributed by atoms with van der Waals surface area (Å²) in [6.45, 7) is 4.93. The second-order valence-electron chi connectivity index (χ2n) is 5.80. The molecule has 0 spiro atoms. The van der Waals surface area contributed by atoms with Gasteiger partial charge in [0, 0.05) is 11.3 Å². The number of benzene rings is 1. The Balaban J connectivity index is 1.84. The van der Waals surface area contributed by atoms with E-state index in [1.807, 2.05) is 18.2 Å². The van der Waals surface area contributed by atoms with Crippen molar-refractivity contribution >= 4 is 17.7 Å². The lowest BCUT2D eigenvalue weighted by molar-refractivity contribution is -0.147. The molecule has 5 heteroatoms. The van der Waals surface area contributed by atoms with Crippen LogP contribution in [-0.2, 0) is 4.79 Å². The molecule has 0 atom stereocenters. The van der Waals surface area contributed by atoms with Crippen molar-refractivity contribution in [2.24, 2.45) is 5.41 Å². The summed E-state index contributed by atoms with van der Waals surface area (Å²) in [6, 6.07) is 5.98. The largest absolute Gasteiger partial charge is 0.490 e. The van der Waals surface area contributed by atoms with Gasteiger partial charge in [0.2, 0.25) is 0 Å². The normalized spacial score (nSPS) is 14.6. The van der Waals surface area contributed by atoms with Gasteiger partial charge in [-0.3, -0.25) is 4.79 Å². The molecule has 1 N–H and O–H groups in total. The van der Waals surface area contributed by atoms with Gasteiger partial charge in [-0.05, 0) is 50.6 Å². The molecule has 0 fully saturated rings. The first-order chi connectivity index (χ1) is 9.99. The van der Waals surface area contributed by atoms with Gasteiger partial charge < -0.3 is 14.6 Å². The van der Waals surface area contributed by atoms with Crippen LogP contribution in [0, 0.1) is 5.41 Å². The molecule has 0 unspecified atom stereocenters. The Morgan fingerprint density at radius 1 is 1.29 bits per heavy atom. The van der Waals surface area contributed by atoms with Crippen LogP contribution in [0.3, 0.4) is 0 Å². The highest BCUT2D eigenvalue weighted by Gasteiger charge is 2.26. The third-order valence-corrected chi connectivity index (χ3v) is 4.59. The third-order valence-electron chi connectivity index (χ3n) is 3.51. The topological polar surface area (TPSA) is 55.8 Å². The molecule has 0 aliphatic carbocycles. The Labute approximate surface area is 129 Å². The van der Waals surface area contributed by atoms with Gasteiger partial charge in [0.05, 0.1) is 18.6 Å². The number of hydrogen-bond acceptors (Lipinski definition) is 4. The van der Waals surface area contributed by atoms with Gasteiger partial charge in [0.15, 0.2) is 11.5 Å². The number of aliphatic carboxylic acids is 1. The Bertz CT molecular complexity index is 499. The van der Waals surface area contributed by atoms with Crippen LogP contribution in [0.4, 0.5) is 0 Å². The van der Waals surface area contributed by atoms with Crippen LogP contribution in [0.15, 0.2) is 23.1 Å². The third kappa shape index (κ3) is 4.56. The van der Waals surface area contributed by atoms with Crippen molar-refractivity contribution in [1.29, 1.82) is 0 Å². The standard InChI is InChI=1S/C16H22O4S/c1-16(2,15(17)18)7-3-10-21-12-5-6-13-14(11-12)20-9-4-8-19-13/h5-6,11H,3-4,7-10H2,1-2H3,(H,17,18). The SMILES string of the molecule is CC(C)(CCCSc1ccc2c(c1)OCCCO2)C(=O)O. The van der Waals surface area contributed by atoms with Gasteiger partial charge in [-0.15, -0.1) is 11.8 Å². The summed E-state index contributed by atoms with van der Waals surface area (Å²) in [6.07, 6.45) is 2.46. The van der Waals surface area contributed by atoms with Crippen molar-refractivity contribution in [1.82, 2.24) is 0 Å². The van der Waals surface area contributed by atoms with E-state index < -0.39 is 11.4 Å². The van der Waals surface area contributed by atoms with Crippen LogP contribution in [0.1, 0.15) is 33.1 Å².